The highest BCUT2D eigenvalue weighted by molar-refractivity contribution is 6.32. The predicted octanol–water partition coefficient (Wildman–Crippen LogP) is 3.92. The van der Waals surface area contributed by atoms with Gasteiger partial charge in [-0.3, -0.25) is 0 Å². The summed E-state index contributed by atoms with van der Waals surface area (Å²) in [6.07, 6.45) is 1.40. The molecule has 8 nitrogen and oxygen atoms in total. The Morgan fingerprint density at radius 2 is 1.70 bits per heavy atom. The third-order valence-electron chi connectivity index (χ3n) is 3.75. The van der Waals surface area contributed by atoms with E-state index in [-0.39, 0.29) is 0 Å². The Balaban J connectivity index is 1.91. The predicted molar refractivity (Wildman–Crippen MR) is 107 cm³/mol. The van der Waals surface area contributed by atoms with Crippen LogP contribution in [-0.2, 0) is 0 Å². The molecule has 0 unspecified atom stereocenters. The number of pyridine rings is 1. The Kier molecular flexibility index (Phi) is 5.46. The van der Waals surface area contributed by atoms with Crippen LogP contribution < -0.4 is 25.8 Å². The van der Waals surface area contributed by atoms with Crippen molar-refractivity contribution in [1.29, 1.82) is 0 Å². The summed E-state index contributed by atoms with van der Waals surface area (Å²) in [7, 11) is 3.08. The summed E-state index contributed by atoms with van der Waals surface area (Å²) >= 11 is 6.21. The van der Waals surface area contributed by atoms with Gasteiger partial charge >= 0.3 is 0 Å². The number of anilines is 5. The number of nitrogens with two attached hydrogens (primary N) is 1. The maximum Gasteiger partial charge on any atom is 0.160 e. The monoisotopic (exact) mass is 386 g/mol. The minimum atomic E-state index is 0.329. The van der Waals surface area contributed by atoms with Gasteiger partial charge in [0.2, 0.25) is 0 Å². The normalized spacial score (nSPS) is 10.4. The first kappa shape index (κ1) is 18.5. The SMILES string of the molecule is COc1cc(OC)c(Nc2ncnc(Nc3cccc(C)n3)c2N)cc1Cl. The molecular weight excluding hydrogens is 368 g/mol. The molecule has 0 saturated heterocycles. The molecule has 0 aliphatic carbocycles. The van der Waals surface area contributed by atoms with Crippen LogP contribution in [0.2, 0.25) is 5.02 Å². The van der Waals surface area contributed by atoms with Crippen LogP contribution in [-0.4, -0.2) is 29.2 Å². The van der Waals surface area contributed by atoms with Crippen LogP contribution in [0.5, 0.6) is 11.5 Å². The molecule has 27 heavy (non-hydrogen) atoms. The Hall–Kier alpha value is -3.26. The van der Waals surface area contributed by atoms with Gasteiger partial charge in [0.15, 0.2) is 11.6 Å². The number of ether oxygens (including phenoxy) is 2. The van der Waals surface area contributed by atoms with Gasteiger partial charge in [0, 0.05) is 11.8 Å². The zero-order chi connectivity index (χ0) is 19.4. The fourth-order valence-corrected chi connectivity index (χ4v) is 2.65. The molecule has 3 rings (SSSR count). The number of methoxy groups -OCH3 is 2. The molecular formula is C18H19ClN6O2. The van der Waals surface area contributed by atoms with Crippen molar-refractivity contribution in [3.8, 4) is 11.5 Å². The first-order valence-electron chi connectivity index (χ1n) is 8.01. The molecule has 3 aromatic rings. The lowest BCUT2D eigenvalue weighted by atomic mass is 10.2. The zero-order valence-corrected chi connectivity index (χ0v) is 15.8. The minimum absolute atomic E-state index is 0.329. The van der Waals surface area contributed by atoms with E-state index in [2.05, 4.69) is 25.6 Å². The largest absolute Gasteiger partial charge is 0.495 e. The Labute approximate surface area is 161 Å². The Morgan fingerprint density at radius 3 is 2.37 bits per heavy atom. The molecule has 0 amide bonds. The van der Waals surface area contributed by atoms with Crippen molar-refractivity contribution >= 4 is 40.4 Å². The summed E-state index contributed by atoms with van der Waals surface area (Å²) in [4.78, 5) is 12.8. The van der Waals surface area contributed by atoms with Crippen molar-refractivity contribution in [1.82, 2.24) is 15.0 Å². The highest BCUT2D eigenvalue weighted by Gasteiger charge is 2.14. The van der Waals surface area contributed by atoms with E-state index in [0.717, 1.165) is 5.69 Å². The van der Waals surface area contributed by atoms with Crippen LogP contribution in [0.3, 0.4) is 0 Å². The van der Waals surface area contributed by atoms with Crippen LogP contribution in [0.25, 0.3) is 0 Å². The van der Waals surface area contributed by atoms with Gasteiger partial charge in [-0.15, -0.1) is 0 Å². The molecule has 1 aromatic carbocycles. The first-order valence-corrected chi connectivity index (χ1v) is 8.39. The van der Waals surface area contributed by atoms with E-state index in [9.17, 15) is 0 Å². The van der Waals surface area contributed by atoms with E-state index in [4.69, 9.17) is 26.8 Å². The smallest absolute Gasteiger partial charge is 0.160 e. The number of benzene rings is 1. The lowest BCUT2D eigenvalue weighted by Gasteiger charge is -2.15. The molecule has 0 fully saturated rings. The minimum Gasteiger partial charge on any atom is -0.495 e. The van der Waals surface area contributed by atoms with Gasteiger partial charge in [-0.05, 0) is 25.1 Å². The number of hydrogen-bond acceptors (Lipinski definition) is 8. The van der Waals surface area contributed by atoms with Gasteiger partial charge < -0.3 is 25.8 Å². The fraction of sp³-hybridized carbons (Fsp3) is 0.167. The highest BCUT2D eigenvalue weighted by atomic mass is 35.5. The lowest BCUT2D eigenvalue weighted by Crippen LogP contribution is -2.06. The average molecular weight is 387 g/mol. The molecule has 4 N–H and O–H groups in total. The standard InChI is InChI=1S/C18H19ClN6O2/c1-10-5-4-6-15(23-10)25-18-16(20)17(21-9-22-18)24-12-7-11(19)13(26-2)8-14(12)27-3/h4-9H,20H2,1-3H3,(H2,21,22,23,24,25). The van der Waals surface area contributed by atoms with Crippen LogP contribution in [0, 0.1) is 6.92 Å². The van der Waals surface area contributed by atoms with Gasteiger partial charge in [0.25, 0.3) is 0 Å². The molecule has 0 spiro atoms. The molecule has 0 saturated carbocycles. The van der Waals surface area contributed by atoms with Gasteiger partial charge in [-0.25, -0.2) is 15.0 Å². The second-order valence-corrected chi connectivity index (χ2v) is 5.99. The Bertz CT molecular complexity index is 967. The summed E-state index contributed by atoms with van der Waals surface area (Å²) < 4.78 is 10.6. The highest BCUT2D eigenvalue weighted by Crippen LogP contribution is 2.38. The van der Waals surface area contributed by atoms with E-state index in [0.29, 0.717) is 45.4 Å². The van der Waals surface area contributed by atoms with Crippen molar-refractivity contribution < 1.29 is 9.47 Å². The average Bonchev–Trinajstić information content (AvgIpc) is 2.65. The van der Waals surface area contributed by atoms with Crippen LogP contribution in [0.4, 0.5) is 28.8 Å². The van der Waals surface area contributed by atoms with E-state index in [1.807, 2.05) is 25.1 Å². The van der Waals surface area contributed by atoms with E-state index in [1.165, 1.54) is 13.4 Å². The van der Waals surface area contributed by atoms with Crippen LogP contribution in [0.15, 0.2) is 36.7 Å². The van der Waals surface area contributed by atoms with E-state index in [1.54, 1.807) is 19.2 Å². The fourth-order valence-electron chi connectivity index (χ4n) is 2.41. The summed E-state index contributed by atoms with van der Waals surface area (Å²) in [5, 5.41) is 6.64. The number of aryl methyl sites for hydroxylation is 1. The number of aromatic nitrogens is 3. The van der Waals surface area contributed by atoms with Crippen LogP contribution >= 0.6 is 11.6 Å². The number of hydrogen-bond donors (Lipinski definition) is 3. The summed E-state index contributed by atoms with van der Waals surface area (Å²) in [5.41, 5.74) is 8.02. The summed E-state index contributed by atoms with van der Waals surface area (Å²) in [6, 6.07) is 8.98. The molecule has 0 radical (unpaired) electrons. The lowest BCUT2D eigenvalue weighted by molar-refractivity contribution is 0.396. The van der Waals surface area contributed by atoms with E-state index < -0.39 is 0 Å². The molecule has 0 atom stereocenters. The van der Waals surface area contributed by atoms with Gasteiger partial charge in [-0.2, -0.15) is 0 Å². The number of nitrogens with one attached hydrogen (secondary N) is 2. The number of nitrogens with zero attached hydrogens (tertiary/aromatic N) is 3. The quantitative estimate of drug-likeness (QED) is 0.585. The summed E-state index contributed by atoms with van der Waals surface area (Å²) in [6.45, 7) is 1.90. The van der Waals surface area contributed by atoms with Gasteiger partial charge in [0.05, 0.1) is 24.9 Å². The maximum atomic E-state index is 6.23. The van der Waals surface area contributed by atoms with Crippen molar-refractivity contribution in [3.05, 3.63) is 47.4 Å². The van der Waals surface area contributed by atoms with Gasteiger partial charge in [-0.1, -0.05) is 17.7 Å². The van der Waals surface area contributed by atoms with Crippen molar-refractivity contribution in [2.75, 3.05) is 30.6 Å². The molecule has 0 bridgehead atoms. The Morgan fingerprint density at radius 1 is 1.00 bits per heavy atom. The third-order valence-corrected chi connectivity index (χ3v) is 4.04. The van der Waals surface area contributed by atoms with Gasteiger partial charge in [0.1, 0.15) is 29.3 Å². The molecule has 0 aliphatic rings. The number of halogens is 1. The number of rotatable bonds is 6. The first-order chi connectivity index (χ1) is 13.0. The molecule has 0 aliphatic heterocycles. The molecule has 2 aromatic heterocycles. The topological polar surface area (TPSA) is 107 Å². The van der Waals surface area contributed by atoms with Crippen molar-refractivity contribution in [2.45, 2.75) is 6.92 Å². The second kappa shape index (κ2) is 7.96. The molecule has 140 valence electrons. The van der Waals surface area contributed by atoms with Crippen LogP contribution in [0.1, 0.15) is 5.69 Å². The molecule has 9 heteroatoms. The van der Waals surface area contributed by atoms with E-state index >= 15 is 0 Å². The maximum absolute atomic E-state index is 6.23. The molecule has 2 heterocycles. The van der Waals surface area contributed by atoms with Crippen molar-refractivity contribution in [2.24, 2.45) is 0 Å². The number of nitrogen functional groups attached to an aromatic ring is 1. The summed E-state index contributed by atoms with van der Waals surface area (Å²) in [5.74, 6) is 2.51. The third kappa shape index (κ3) is 4.12. The van der Waals surface area contributed by atoms with Crippen molar-refractivity contribution in [3.63, 3.8) is 0 Å². The second-order valence-electron chi connectivity index (χ2n) is 5.59. The zero-order valence-electron chi connectivity index (χ0n) is 15.1.